The van der Waals surface area contributed by atoms with Crippen LogP contribution in [0.4, 0.5) is 0 Å². The molecular weight excluding hydrogens is 1010 g/mol. The molecule has 3 saturated heterocycles. The first-order valence-electron chi connectivity index (χ1n) is 23.2. The topological polar surface area (TPSA) is 406 Å². The lowest BCUT2D eigenvalue weighted by Gasteiger charge is -2.45. The third kappa shape index (κ3) is 12.5. The van der Waals surface area contributed by atoms with Crippen molar-refractivity contribution in [3.05, 3.63) is 118 Å². The van der Waals surface area contributed by atoms with Crippen molar-refractivity contribution >= 4 is 24.1 Å². The molecule has 0 saturated carbocycles. The Morgan fingerprint density at radius 1 is 0.566 bits per heavy atom. The van der Waals surface area contributed by atoms with Gasteiger partial charge >= 0.3 is 11.9 Å². The van der Waals surface area contributed by atoms with E-state index < -0.39 is 141 Å². The lowest BCUT2D eigenvalue weighted by molar-refractivity contribution is -0.357. The van der Waals surface area contributed by atoms with Gasteiger partial charge in [0.15, 0.2) is 46.9 Å². The molecular formula is C51H53O25+. The Bertz CT molecular complexity index is 2890. The number of esters is 2. The van der Waals surface area contributed by atoms with Gasteiger partial charge in [-0.15, -0.1) is 0 Å². The van der Waals surface area contributed by atoms with Crippen molar-refractivity contribution in [1.29, 1.82) is 0 Å². The van der Waals surface area contributed by atoms with Crippen LogP contribution in [-0.2, 0) is 33.2 Å². The van der Waals surface area contributed by atoms with Crippen LogP contribution in [0.2, 0.25) is 0 Å². The Morgan fingerprint density at radius 2 is 1.13 bits per heavy atom. The maximum absolute atomic E-state index is 13.1. The van der Waals surface area contributed by atoms with Gasteiger partial charge in [0.1, 0.15) is 90.7 Å². The van der Waals surface area contributed by atoms with Gasteiger partial charge in [0, 0.05) is 23.8 Å². The van der Waals surface area contributed by atoms with Crippen LogP contribution in [0.15, 0.2) is 106 Å². The van der Waals surface area contributed by atoms with E-state index in [1.54, 1.807) is 0 Å². The second-order valence-corrected chi connectivity index (χ2v) is 17.7. The maximum Gasteiger partial charge on any atom is 0.510 e. The number of carbonyl (C=O) groups excluding carboxylic acids is 2. The molecule has 3 aromatic rings. The number of aliphatic hydroxyl groups is 9. The van der Waals surface area contributed by atoms with E-state index in [2.05, 4.69) is 0 Å². The molecule has 15 atom stereocenters. The van der Waals surface area contributed by atoms with Crippen molar-refractivity contribution in [3.63, 3.8) is 0 Å². The fourth-order valence-corrected chi connectivity index (χ4v) is 8.17. The van der Waals surface area contributed by atoms with Gasteiger partial charge in [-0.2, -0.15) is 0 Å². The number of benzene rings is 4. The van der Waals surface area contributed by atoms with Crippen LogP contribution in [-0.4, -0.2) is 195 Å². The largest absolute Gasteiger partial charge is 0.510 e. The fourth-order valence-electron chi connectivity index (χ4n) is 8.17. The first-order valence-corrected chi connectivity index (χ1v) is 23.2. The van der Waals surface area contributed by atoms with Crippen LogP contribution in [0, 0.1) is 0 Å². The van der Waals surface area contributed by atoms with Gasteiger partial charge in [0.2, 0.25) is 19.2 Å². The quantitative estimate of drug-likeness (QED) is 0.0242. The molecule has 4 heterocycles. The summed E-state index contributed by atoms with van der Waals surface area (Å²) in [6.07, 6.45) is -23.5. The molecule has 14 N–H and O–H groups in total. The van der Waals surface area contributed by atoms with Gasteiger partial charge in [-0.05, 0) is 77.9 Å². The molecule has 0 spiro atoms. The molecule has 0 unspecified atom stereocenters. The van der Waals surface area contributed by atoms with Gasteiger partial charge in [0.25, 0.3) is 0 Å². The molecule has 25 nitrogen and oxygen atoms in total. The van der Waals surface area contributed by atoms with Crippen molar-refractivity contribution < 1.29 is 118 Å². The monoisotopic (exact) mass is 1070 g/mol. The molecule has 1 aliphatic carbocycles. The average Bonchev–Trinajstić information content (AvgIpc) is 3.41. The van der Waals surface area contributed by atoms with Crippen LogP contribution >= 0.6 is 0 Å². The molecule has 5 aliphatic rings. The summed E-state index contributed by atoms with van der Waals surface area (Å²) in [7, 11) is 0. The molecule has 0 radical (unpaired) electrons. The Balaban J connectivity index is 1.12. The minimum atomic E-state index is -2.12. The molecule has 25 heteroatoms. The first kappa shape index (κ1) is 55.0. The molecule has 0 aromatic heterocycles. The maximum atomic E-state index is 13.1. The summed E-state index contributed by atoms with van der Waals surface area (Å²) >= 11 is 0. The van der Waals surface area contributed by atoms with E-state index in [1.165, 1.54) is 78.9 Å². The van der Waals surface area contributed by atoms with Gasteiger partial charge in [-0.25, -0.2) is 4.79 Å². The van der Waals surface area contributed by atoms with Crippen LogP contribution in [0.25, 0.3) is 34.8 Å². The highest BCUT2D eigenvalue weighted by Gasteiger charge is 2.53. The smallest absolute Gasteiger partial charge is 0.508 e. The molecule has 3 aromatic carbocycles. The Labute approximate surface area is 429 Å². The van der Waals surface area contributed by atoms with Gasteiger partial charge in [0.05, 0.1) is 18.2 Å². The number of aromatic hydroxyl groups is 4. The molecule has 76 heavy (non-hydrogen) atoms. The van der Waals surface area contributed by atoms with Gasteiger partial charge < -0.3 is 113 Å². The summed E-state index contributed by atoms with van der Waals surface area (Å²) in [5.41, 5.74) is 0.199. The SMILES string of the molecule is O=C(C=Cc1ccc(O)c(O)c1)OC[C@H]1O[C@@H](O[C@H]2[C@H](Oc3cc4c(O[C@@H]5O[C@H](CO)[C@@H](O)[C@H](O)[C@H]5O)cc(=O)cc-4oc3-c3ccc(O)cc3)O[C@H](COC(=[OH+])C=Cc3ccc(O)cc3)[C@@H](O)[C@@H]2O)[C@H](O)[C@@H](O)[C@@H]1O. The predicted molar refractivity (Wildman–Crippen MR) is 256 cm³/mol. The third-order valence-electron chi connectivity index (χ3n) is 12.4. The highest BCUT2D eigenvalue weighted by atomic mass is 16.8. The lowest BCUT2D eigenvalue weighted by atomic mass is 9.97. The number of hydrogen-bond acceptors (Lipinski definition) is 24. The summed E-state index contributed by atoms with van der Waals surface area (Å²) in [5, 5.41) is 137. The van der Waals surface area contributed by atoms with E-state index in [9.17, 15) is 80.8 Å². The lowest BCUT2D eigenvalue weighted by Crippen LogP contribution is -2.65. The number of aliphatic hydroxyl groups excluding tert-OH is 9. The highest BCUT2D eigenvalue weighted by Crippen LogP contribution is 2.43. The second-order valence-electron chi connectivity index (χ2n) is 17.7. The Hall–Kier alpha value is -7.21. The summed E-state index contributed by atoms with van der Waals surface area (Å²) in [6.45, 7) is -2.28. The van der Waals surface area contributed by atoms with Crippen LogP contribution < -0.4 is 14.9 Å². The fraction of sp³-hybridized carbons (Fsp3) is 0.353. The van der Waals surface area contributed by atoms with E-state index in [4.69, 9.17) is 42.3 Å². The van der Waals surface area contributed by atoms with E-state index >= 15 is 0 Å². The van der Waals surface area contributed by atoms with Crippen molar-refractivity contribution in [3.8, 4) is 57.1 Å². The predicted octanol–water partition coefficient (Wildman–Crippen LogP) is -1.08. The van der Waals surface area contributed by atoms with E-state index in [0.717, 1.165) is 30.4 Å². The van der Waals surface area contributed by atoms with Gasteiger partial charge in [-0.3, -0.25) is 4.79 Å². The summed E-state index contributed by atoms with van der Waals surface area (Å²) in [4.78, 5) is 36.5. The minimum Gasteiger partial charge on any atom is -0.508 e. The number of carbonyl (C=O) groups is 1. The number of rotatable bonds is 16. The summed E-state index contributed by atoms with van der Waals surface area (Å²) in [6, 6.07) is 18.1. The standard InChI is InChI=1S/C51H52O25/c52-19-34-39(60)42(63)45(66)49(73-34)71-32-17-27(55)16-31-28(32)18-33(47(70-31)24-6-10-26(54)11-7-24)72-51-48(44(65)41(62)36(75-51)21-69-37(58)13-4-22-1-8-25(53)9-2-22)76-50-46(67)43(64)40(61)35(74-50)20-68-38(59)14-5-23-3-12-29(56)30(57)15-23/h1-18,34-36,39-46,48-54,56-57,60-67H,19-21H2/p+1/t34-,35-,36-,39-,40-,41-,42+,43+,44+,45-,46-,48-,49-,50+,51-/m1/s1. The second kappa shape index (κ2) is 23.8. The number of fused-ring (bicyclic) bond motifs is 1. The van der Waals surface area contributed by atoms with E-state index in [1.807, 2.05) is 0 Å². The zero-order valence-electron chi connectivity index (χ0n) is 39.4. The van der Waals surface area contributed by atoms with Crippen molar-refractivity contribution in [1.82, 2.24) is 0 Å². The van der Waals surface area contributed by atoms with Crippen molar-refractivity contribution in [2.75, 3.05) is 19.8 Å². The number of phenolic OH excluding ortho intramolecular Hbond substituents is 4. The van der Waals surface area contributed by atoms with Crippen molar-refractivity contribution in [2.45, 2.75) is 92.1 Å². The van der Waals surface area contributed by atoms with Crippen molar-refractivity contribution in [2.24, 2.45) is 0 Å². The first-order chi connectivity index (χ1) is 36.3. The zero-order chi connectivity index (χ0) is 54.5. The number of hydrogen-bond donors (Lipinski definition) is 13. The van der Waals surface area contributed by atoms with Gasteiger partial charge in [-0.1, -0.05) is 18.2 Å². The highest BCUT2D eigenvalue weighted by molar-refractivity contribution is 5.88. The normalized spacial score (nSPS) is 29.8. The molecule has 0 amide bonds. The summed E-state index contributed by atoms with van der Waals surface area (Å²) in [5.74, 6) is -3.85. The average molecular weight is 1070 g/mol. The number of phenols is 4. The van der Waals surface area contributed by atoms with Crippen LogP contribution in [0.5, 0.6) is 34.5 Å². The summed E-state index contributed by atoms with van der Waals surface area (Å²) < 4.78 is 52.7. The third-order valence-corrected chi connectivity index (χ3v) is 12.4. The van der Waals surface area contributed by atoms with E-state index in [-0.39, 0.29) is 51.2 Å². The molecule has 4 aliphatic heterocycles. The van der Waals surface area contributed by atoms with Crippen LogP contribution in [0.1, 0.15) is 11.1 Å². The Kier molecular flexibility index (Phi) is 17.2. The molecule has 406 valence electrons. The van der Waals surface area contributed by atoms with E-state index in [0.29, 0.717) is 5.56 Å². The number of ether oxygens (including phenoxy) is 8. The zero-order valence-corrected chi connectivity index (χ0v) is 39.4. The molecule has 8 rings (SSSR count). The Morgan fingerprint density at radius 3 is 1.80 bits per heavy atom. The molecule has 0 bridgehead atoms. The molecule has 3 fully saturated rings. The van der Waals surface area contributed by atoms with Crippen LogP contribution in [0.3, 0.4) is 0 Å². The minimum absolute atomic E-state index is 0.00659.